The van der Waals surface area contributed by atoms with Gasteiger partial charge in [0, 0.05) is 10.2 Å². The van der Waals surface area contributed by atoms with Gasteiger partial charge in [0.25, 0.3) is 5.22 Å². The molecule has 4 aromatic rings. The Hall–Kier alpha value is -2.90. The standard InChI is InChI=1S/C22H16BrN3O2S/c23-19-9-5-4-8-18(19)21-25-26-22(28-21)29-14-20(27)24-17-12-10-16(11-13-17)15-6-2-1-3-7-15/h1-13H,14H2,(H,24,27). The van der Waals surface area contributed by atoms with E-state index in [1.165, 1.54) is 11.8 Å². The van der Waals surface area contributed by atoms with Gasteiger partial charge in [-0.15, -0.1) is 10.2 Å². The van der Waals surface area contributed by atoms with Gasteiger partial charge in [0.15, 0.2) is 0 Å². The van der Waals surface area contributed by atoms with Crippen molar-refractivity contribution in [3.63, 3.8) is 0 Å². The maximum absolute atomic E-state index is 12.2. The summed E-state index contributed by atoms with van der Waals surface area (Å²) in [5, 5.41) is 11.3. The van der Waals surface area contributed by atoms with Gasteiger partial charge in [0.05, 0.1) is 11.3 Å². The highest BCUT2D eigenvalue weighted by atomic mass is 79.9. The number of carbonyl (C=O) groups is 1. The van der Waals surface area contributed by atoms with Crippen molar-refractivity contribution in [1.82, 2.24) is 10.2 Å². The van der Waals surface area contributed by atoms with Crippen molar-refractivity contribution in [2.45, 2.75) is 5.22 Å². The average molecular weight is 466 g/mol. The van der Waals surface area contributed by atoms with Crippen LogP contribution in [0.15, 0.2) is 93.0 Å². The second-order valence-electron chi connectivity index (χ2n) is 6.13. The fraction of sp³-hybridized carbons (Fsp3) is 0.0455. The predicted molar refractivity (Wildman–Crippen MR) is 119 cm³/mol. The molecule has 5 nitrogen and oxygen atoms in total. The van der Waals surface area contributed by atoms with Crippen molar-refractivity contribution in [3.8, 4) is 22.6 Å². The molecule has 0 unspecified atom stereocenters. The molecule has 0 aliphatic rings. The average Bonchev–Trinajstić information content (AvgIpc) is 3.23. The Morgan fingerprint density at radius 3 is 2.34 bits per heavy atom. The van der Waals surface area contributed by atoms with Crippen LogP contribution < -0.4 is 5.32 Å². The zero-order valence-corrected chi connectivity index (χ0v) is 17.6. The highest BCUT2D eigenvalue weighted by Crippen LogP contribution is 2.29. The SMILES string of the molecule is O=C(CSc1nnc(-c2ccccc2Br)o1)Nc1ccc(-c2ccccc2)cc1. The van der Waals surface area contributed by atoms with E-state index in [9.17, 15) is 4.79 Å². The number of aromatic nitrogens is 2. The summed E-state index contributed by atoms with van der Waals surface area (Å²) in [7, 11) is 0. The number of benzene rings is 3. The summed E-state index contributed by atoms with van der Waals surface area (Å²) in [5.41, 5.74) is 3.80. The van der Waals surface area contributed by atoms with Gasteiger partial charge in [-0.3, -0.25) is 4.79 Å². The molecule has 1 N–H and O–H groups in total. The first-order valence-corrected chi connectivity index (χ1v) is 10.6. The first kappa shape index (κ1) is 19.4. The van der Waals surface area contributed by atoms with E-state index < -0.39 is 0 Å². The quantitative estimate of drug-likeness (QED) is 0.359. The Balaban J connectivity index is 1.33. The monoisotopic (exact) mass is 465 g/mol. The van der Waals surface area contributed by atoms with Crippen LogP contribution in [0.2, 0.25) is 0 Å². The van der Waals surface area contributed by atoms with Crippen molar-refractivity contribution in [3.05, 3.63) is 83.3 Å². The van der Waals surface area contributed by atoms with E-state index >= 15 is 0 Å². The normalized spacial score (nSPS) is 10.7. The van der Waals surface area contributed by atoms with Crippen molar-refractivity contribution >= 4 is 39.3 Å². The summed E-state index contributed by atoms with van der Waals surface area (Å²) >= 11 is 4.66. The molecule has 7 heteroatoms. The highest BCUT2D eigenvalue weighted by Gasteiger charge is 2.13. The summed E-state index contributed by atoms with van der Waals surface area (Å²) in [6.07, 6.45) is 0. The van der Waals surface area contributed by atoms with Crippen LogP contribution in [-0.2, 0) is 4.79 Å². The molecule has 0 fully saturated rings. The topological polar surface area (TPSA) is 68.0 Å². The lowest BCUT2D eigenvalue weighted by Crippen LogP contribution is -2.13. The van der Waals surface area contributed by atoms with Gasteiger partial charge in [-0.2, -0.15) is 0 Å². The Bertz CT molecular complexity index is 1110. The fourth-order valence-electron chi connectivity index (χ4n) is 2.71. The van der Waals surface area contributed by atoms with E-state index in [2.05, 4.69) is 43.6 Å². The highest BCUT2D eigenvalue weighted by molar-refractivity contribution is 9.10. The molecule has 0 bridgehead atoms. The fourth-order valence-corrected chi connectivity index (χ4v) is 3.73. The number of nitrogens with one attached hydrogen (secondary N) is 1. The molecule has 0 saturated heterocycles. The molecular formula is C22H16BrN3O2S. The van der Waals surface area contributed by atoms with Gasteiger partial charge >= 0.3 is 0 Å². The van der Waals surface area contributed by atoms with Gasteiger partial charge in [-0.05, 0) is 51.3 Å². The van der Waals surface area contributed by atoms with Crippen molar-refractivity contribution in [1.29, 1.82) is 0 Å². The molecule has 1 aromatic heterocycles. The summed E-state index contributed by atoms with van der Waals surface area (Å²) in [6, 6.07) is 25.5. The summed E-state index contributed by atoms with van der Waals surface area (Å²) in [6.45, 7) is 0. The molecule has 0 aliphatic heterocycles. The molecule has 144 valence electrons. The van der Waals surface area contributed by atoms with Gasteiger partial charge in [-0.25, -0.2) is 0 Å². The minimum atomic E-state index is -0.136. The third-order valence-electron chi connectivity index (χ3n) is 4.11. The summed E-state index contributed by atoms with van der Waals surface area (Å²) < 4.78 is 6.52. The van der Waals surface area contributed by atoms with Crippen molar-refractivity contribution in [2.24, 2.45) is 0 Å². The minimum Gasteiger partial charge on any atom is -0.411 e. The Morgan fingerprint density at radius 1 is 0.897 bits per heavy atom. The number of amides is 1. The predicted octanol–water partition coefficient (Wildman–Crippen LogP) is 5.90. The van der Waals surface area contributed by atoms with Crippen LogP contribution >= 0.6 is 27.7 Å². The van der Waals surface area contributed by atoms with Crippen LogP contribution in [0, 0.1) is 0 Å². The molecule has 0 radical (unpaired) electrons. The number of thioether (sulfide) groups is 1. The number of hydrogen-bond donors (Lipinski definition) is 1. The molecule has 0 spiro atoms. The second kappa shape index (κ2) is 9.07. The van der Waals surface area contributed by atoms with Gasteiger partial charge in [0.1, 0.15) is 0 Å². The molecule has 1 heterocycles. The molecule has 3 aromatic carbocycles. The maximum atomic E-state index is 12.2. The van der Waals surface area contributed by atoms with Crippen molar-refractivity contribution < 1.29 is 9.21 Å². The summed E-state index contributed by atoms with van der Waals surface area (Å²) in [4.78, 5) is 12.2. The molecule has 4 rings (SSSR count). The number of anilines is 1. The van der Waals surface area contributed by atoms with Crippen LogP contribution in [0.4, 0.5) is 5.69 Å². The number of hydrogen-bond acceptors (Lipinski definition) is 5. The zero-order valence-electron chi connectivity index (χ0n) is 15.2. The molecule has 0 saturated carbocycles. The molecule has 1 amide bonds. The van der Waals surface area contributed by atoms with E-state index in [0.29, 0.717) is 11.1 Å². The molecule has 29 heavy (non-hydrogen) atoms. The van der Waals surface area contributed by atoms with Crippen molar-refractivity contribution in [2.75, 3.05) is 11.1 Å². The third-order valence-corrected chi connectivity index (χ3v) is 5.62. The van der Waals surface area contributed by atoms with Gasteiger partial charge in [0.2, 0.25) is 11.8 Å². The number of nitrogens with zero attached hydrogens (tertiary/aromatic N) is 2. The lowest BCUT2D eigenvalue weighted by atomic mass is 10.1. The van der Waals surface area contributed by atoms with Crippen LogP contribution in [-0.4, -0.2) is 21.9 Å². The van der Waals surface area contributed by atoms with E-state index in [4.69, 9.17) is 4.42 Å². The first-order valence-electron chi connectivity index (χ1n) is 8.85. The minimum absolute atomic E-state index is 0.136. The number of carbonyl (C=O) groups excluding carboxylic acids is 1. The lowest BCUT2D eigenvalue weighted by Gasteiger charge is -2.06. The molecule has 0 aliphatic carbocycles. The van der Waals surface area contributed by atoms with Crippen LogP contribution in [0.25, 0.3) is 22.6 Å². The number of rotatable bonds is 6. The second-order valence-corrected chi connectivity index (χ2v) is 7.91. The number of halogens is 1. The van der Waals surface area contributed by atoms with Crippen LogP contribution in [0.5, 0.6) is 0 Å². The molecule has 0 atom stereocenters. The largest absolute Gasteiger partial charge is 0.411 e. The Labute approximate surface area is 180 Å². The van der Waals surface area contributed by atoms with Gasteiger partial charge in [-0.1, -0.05) is 66.4 Å². The van der Waals surface area contributed by atoms with E-state index in [0.717, 1.165) is 26.9 Å². The van der Waals surface area contributed by atoms with E-state index in [-0.39, 0.29) is 11.7 Å². The zero-order chi connectivity index (χ0) is 20.1. The third kappa shape index (κ3) is 4.93. The van der Waals surface area contributed by atoms with E-state index in [1.807, 2.05) is 66.7 Å². The molecular weight excluding hydrogens is 450 g/mol. The Morgan fingerprint density at radius 2 is 1.59 bits per heavy atom. The van der Waals surface area contributed by atoms with Crippen LogP contribution in [0.1, 0.15) is 0 Å². The van der Waals surface area contributed by atoms with Gasteiger partial charge < -0.3 is 9.73 Å². The lowest BCUT2D eigenvalue weighted by molar-refractivity contribution is -0.113. The Kier molecular flexibility index (Phi) is 6.07. The van der Waals surface area contributed by atoms with Crippen LogP contribution in [0.3, 0.4) is 0 Å². The summed E-state index contributed by atoms with van der Waals surface area (Å²) in [5.74, 6) is 0.456. The maximum Gasteiger partial charge on any atom is 0.277 e. The van der Waals surface area contributed by atoms with E-state index in [1.54, 1.807) is 0 Å². The smallest absolute Gasteiger partial charge is 0.277 e. The first-order chi connectivity index (χ1) is 14.2.